The molecule has 3 rings (SSSR count). The van der Waals surface area contributed by atoms with Crippen LogP contribution in [0.5, 0.6) is 5.75 Å². The van der Waals surface area contributed by atoms with E-state index in [-0.39, 0.29) is 11.8 Å². The molecule has 0 aromatic heterocycles. The Labute approximate surface area is 121 Å². The molecule has 1 aliphatic rings. The minimum Gasteiger partial charge on any atom is -0.497 e. The van der Waals surface area contributed by atoms with Crippen LogP contribution in [0.1, 0.15) is 26.3 Å². The van der Waals surface area contributed by atoms with Crippen LogP contribution < -0.4 is 15.4 Å². The third kappa shape index (κ3) is 1.94. The zero-order chi connectivity index (χ0) is 15.1. The monoisotopic (exact) mass is 282 g/mol. The largest absolute Gasteiger partial charge is 0.497 e. The van der Waals surface area contributed by atoms with Gasteiger partial charge in [-0.05, 0) is 42.8 Å². The molecule has 0 saturated heterocycles. The number of ether oxygens (including phenoxy) is 1. The molecule has 2 amide bonds. The van der Waals surface area contributed by atoms with E-state index in [1.807, 2.05) is 6.92 Å². The number of carbonyl (C=O) groups is 2. The van der Waals surface area contributed by atoms with Crippen LogP contribution in [-0.2, 0) is 0 Å². The maximum atomic E-state index is 12.5. The van der Waals surface area contributed by atoms with E-state index in [9.17, 15) is 9.59 Å². The second kappa shape index (κ2) is 4.63. The average molecular weight is 282 g/mol. The fourth-order valence-electron chi connectivity index (χ4n) is 2.43. The third-order valence-electron chi connectivity index (χ3n) is 3.57. The van der Waals surface area contributed by atoms with Crippen molar-refractivity contribution >= 4 is 23.2 Å². The molecule has 0 aliphatic carbocycles. The van der Waals surface area contributed by atoms with Crippen LogP contribution in [0.4, 0.5) is 11.4 Å². The van der Waals surface area contributed by atoms with Gasteiger partial charge in [0.25, 0.3) is 11.8 Å². The molecule has 21 heavy (non-hydrogen) atoms. The van der Waals surface area contributed by atoms with Crippen LogP contribution in [0.15, 0.2) is 36.4 Å². The van der Waals surface area contributed by atoms with E-state index in [1.54, 1.807) is 36.4 Å². The van der Waals surface area contributed by atoms with Gasteiger partial charge in [0.15, 0.2) is 0 Å². The standard InChI is InChI=1S/C16H14N2O3/c1-9-3-4-10(17)7-14(9)18-15(19)12-6-5-11(21-2)8-13(12)16(18)20/h3-8H,17H2,1-2H3. The van der Waals surface area contributed by atoms with E-state index in [0.29, 0.717) is 28.3 Å². The molecule has 1 aliphatic heterocycles. The maximum absolute atomic E-state index is 12.5. The van der Waals surface area contributed by atoms with Crippen molar-refractivity contribution in [1.82, 2.24) is 0 Å². The lowest BCUT2D eigenvalue weighted by Gasteiger charge is -2.17. The SMILES string of the molecule is COc1ccc2c(c1)C(=O)N(c1cc(N)ccc1C)C2=O. The smallest absolute Gasteiger partial charge is 0.266 e. The van der Waals surface area contributed by atoms with Crippen LogP contribution in [0, 0.1) is 6.92 Å². The first-order chi connectivity index (χ1) is 10.0. The number of imide groups is 1. The molecule has 2 aromatic carbocycles. The number of anilines is 2. The Morgan fingerprint density at radius 2 is 1.71 bits per heavy atom. The molecule has 0 spiro atoms. The van der Waals surface area contributed by atoms with Crippen LogP contribution >= 0.6 is 0 Å². The van der Waals surface area contributed by atoms with Crippen molar-refractivity contribution in [3.63, 3.8) is 0 Å². The highest BCUT2D eigenvalue weighted by Crippen LogP contribution is 2.33. The summed E-state index contributed by atoms with van der Waals surface area (Å²) in [5.41, 5.74) is 8.32. The van der Waals surface area contributed by atoms with Crippen LogP contribution in [0.25, 0.3) is 0 Å². The summed E-state index contributed by atoms with van der Waals surface area (Å²) in [4.78, 5) is 26.2. The second-order valence-corrected chi connectivity index (χ2v) is 4.90. The van der Waals surface area contributed by atoms with E-state index in [0.717, 1.165) is 10.5 Å². The normalized spacial score (nSPS) is 13.5. The zero-order valence-electron chi connectivity index (χ0n) is 11.7. The molecular formula is C16H14N2O3. The van der Waals surface area contributed by atoms with Crippen molar-refractivity contribution < 1.29 is 14.3 Å². The number of fused-ring (bicyclic) bond motifs is 1. The Kier molecular flexibility index (Phi) is 2.90. The average Bonchev–Trinajstić information content (AvgIpc) is 2.73. The number of carbonyl (C=O) groups excluding carboxylic acids is 2. The van der Waals surface area contributed by atoms with Gasteiger partial charge in [-0.1, -0.05) is 6.07 Å². The first kappa shape index (κ1) is 13.2. The second-order valence-electron chi connectivity index (χ2n) is 4.90. The molecule has 0 fully saturated rings. The highest BCUT2D eigenvalue weighted by Gasteiger charge is 2.37. The van der Waals surface area contributed by atoms with Crippen molar-refractivity contribution in [2.45, 2.75) is 6.92 Å². The summed E-state index contributed by atoms with van der Waals surface area (Å²) in [6.07, 6.45) is 0. The lowest BCUT2D eigenvalue weighted by molar-refractivity contribution is 0.0926. The lowest BCUT2D eigenvalue weighted by atomic mass is 10.1. The van der Waals surface area contributed by atoms with Gasteiger partial charge in [-0.25, -0.2) is 4.90 Å². The zero-order valence-corrected chi connectivity index (χ0v) is 11.7. The summed E-state index contributed by atoms with van der Waals surface area (Å²) in [5.74, 6) is -0.157. The van der Waals surface area contributed by atoms with Crippen LogP contribution in [0.2, 0.25) is 0 Å². The maximum Gasteiger partial charge on any atom is 0.266 e. The molecule has 0 unspecified atom stereocenters. The van der Waals surface area contributed by atoms with E-state index in [4.69, 9.17) is 10.5 Å². The molecular weight excluding hydrogens is 268 g/mol. The number of amides is 2. The number of hydrogen-bond acceptors (Lipinski definition) is 4. The fourth-order valence-corrected chi connectivity index (χ4v) is 2.43. The number of hydrogen-bond donors (Lipinski definition) is 1. The summed E-state index contributed by atoms with van der Waals surface area (Å²) in [6, 6.07) is 10.0. The van der Waals surface area contributed by atoms with Crippen molar-refractivity contribution in [1.29, 1.82) is 0 Å². The highest BCUT2D eigenvalue weighted by molar-refractivity contribution is 6.34. The number of benzene rings is 2. The van der Waals surface area contributed by atoms with Gasteiger partial charge in [-0.15, -0.1) is 0 Å². The number of nitrogens with two attached hydrogens (primary N) is 1. The molecule has 5 heteroatoms. The van der Waals surface area contributed by atoms with E-state index < -0.39 is 0 Å². The molecule has 0 saturated carbocycles. The van der Waals surface area contributed by atoms with Crippen LogP contribution in [0.3, 0.4) is 0 Å². The van der Waals surface area contributed by atoms with Crippen molar-refractivity contribution in [3.05, 3.63) is 53.1 Å². The van der Waals surface area contributed by atoms with Crippen molar-refractivity contribution in [2.75, 3.05) is 17.7 Å². The van der Waals surface area contributed by atoms with Gasteiger partial charge < -0.3 is 10.5 Å². The minimum atomic E-state index is -0.359. The Morgan fingerprint density at radius 3 is 2.43 bits per heavy atom. The van der Waals surface area contributed by atoms with Crippen molar-refractivity contribution in [2.24, 2.45) is 0 Å². The topological polar surface area (TPSA) is 72.6 Å². The number of rotatable bonds is 2. The number of nitrogen functional groups attached to an aromatic ring is 1. The van der Waals surface area contributed by atoms with Crippen molar-refractivity contribution in [3.8, 4) is 5.75 Å². The van der Waals surface area contributed by atoms with E-state index in [1.165, 1.54) is 7.11 Å². The van der Waals surface area contributed by atoms with E-state index >= 15 is 0 Å². The number of nitrogens with zero attached hydrogens (tertiary/aromatic N) is 1. The molecule has 2 N–H and O–H groups in total. The molecule has 0 atom stereocenters. The predicted molar refractivity (Wildman–Crippen MR) is 79.7 cm³/mol. The molecule has 0 bridgehead atoms. The molecule has 106 valence electrons. The Morgan fingerprint density at radius 1 is 1.00 bits per heavy atom. The first-order valence-electron chi connectivity index (χ1n) is 6.46. The lowest BCUT2D eigenvalue weighted by Crippen LogP contribution is -2.30. The number of methoxy groups -OCH3 is 1. The van der Waals surface area contributed by atoms with Gasteiger partial charge >= 0.3 is 0 Å². The fraction of sp³-hybridized carbons (Fsp3) is 0.125. The quantitative estimate of drug-likeness (QED) is 0.678. The Balaban J connectivity index is 2.13. The summed E-state index contributed by atoms with van der Waals surface area (Å²) in [5, 5.41) is 0. The van der Waals surface area contributed by atoms with Gasteiger partial charge in [0, 0.05) is 5.69 Å². The van der Waals surface area contributed by atoms with Gasteiger partial charge in [0.05, 0.1) is 23.9 Å². The van der Waals surface area contributed by atoms with Gasteiger partial charge in [-0.3, -0.25) is 9.59 Å². The van der Waals surface area contributed by atoms with Gasteiger partial charge in [-0.2, -0.15) is 0 Å². The first-order valence-corrected chi connectivity index (χ1v) is 6.46. The minimum absolute atomic E-state index is 0.341. The molecule has 1 heterocycles. The Bertz CT molecular complexity index is 768. The Hall–Kier alpha value is -2.82. The summed E-state index contributed by atoms with van der Waals surface area (Å²) >= 11 is 0. The summed E-state index contributed by atoms with van der Waals surface area (Å²) in [6.45, 7) is 1.83. The van der Waals surface area contributed by atoms with Crippen LogP contribution in [-0.4, -0.2) is 18.9 Å². The van der Waals surface area contributed by atoms with Gasteiger partial charge in [0.2, 0.25) is 0 Å². The summed E-state index contributed by atoms with van der Waals surface area (Å²) in [7, 11) is 1.52. The highest BCUT2D eigenvalue weighted by atomic mass is 16.5. The summed E-state index contributed by atoms with van der Waals surface area (Å²) < 4.78 is 5.10. The van der Waals surface area contributed by atoms with Gasteiger partial charge in [0.1, 0.15) is 5.75 Å². The molecule has 0 radical (unpaired) electrons. The number of aryl methyl sites for hydroxylation is 1. The molecule has 2 aromatic rings. The molecule has 5 nitrogen and oxygen atoms in total. The third-order valence-corrected chi connectivity index (χ3v) is 3.57. The predicted octanol–water partition coefficient (Wildman–Crippen LogP) is 2.39. The van der Waals surface area contributed by atoms with E-state index in [2.05, 4.69) is 0 Å².